The second-order valence-corrected chi connectivity index (χ2v) is 8.64. The summed E-state index contributed by atoms with van der Waals surface area (Å²) in [5.74, 6) is 0.337. The van der Waals surface area contributed by atoms with Crippen LogP contribution in [0.4, 0.5) is 5.69 Å². The Balaban J connectivity index is 1.67. The Morgan fingerprint density at radius 1 is 1.15 bits per heavy atom. The van der Waals surface area contributed by atoms with Crippen LogP contribution in [0, 0.1) is 0 Å². The number of sulfonamides is 1. The van der Waals surface area contributed by atoms with E-state index in [2.05, 4.69) is 0 Å². The zero-order chi connectivity index (χ0) is 18.9. The number of nitrogens with zero attached hydrogens (tertiary/aromatic N) is 2. The van der Waals surface area contributed by atoms with Gasteiger partial charge in [-0.25, -0.2) is 12.7 Å². The molecule has 0 saturated heterocycles. The number of hydrogen-bond acceptors (Lipinski definition) is 4. The van der Waals surface area contributed by atoms with Crippen LogP contribution in [0.1, 0.15) is 12.5 Å². The number of carbonyl (C=O) groups is 1. The zero-order valence-corrected chi connectivity index (χ0v) is 15.9. The number of anilines is 1. The summed E-state index contributed by atoms with van der Waals surface area (Å²) in [6.07, 6.45) is 0.832. The van der Waals surface area contributed by atoms with Gasteiger partial charge in [0.1, 0.15) is 5.75 Å². The molecule has 0 bridgehead atoms. The minimum Gasteiger partial charge on any atom is -0.484 e. The van der Waals surface area contributed by atoms with E-state index < -0.39 is 10.0 Å². The summed E-state index contributed by atoms with van der Waals surface area (Å²) in [6.45, 7) is 1.91. The molecule has 0 aromatic heterocycles. The average Bonchev–Trinajstić information content (AvgIpc) is 2.95. The summed E-state index contributed by atoms with van der Waals surface area (Å²) < 4.78 is 30.8. The standard InChI is InChI=1S/C19H22N2O4S/c1-14-12-15-6-4-5-7-18(15)21(14)19(22)13-25-16-8-10-17(11-9-16)26(23,24)20(2)3/h4-11,14H,12-13H2,1-3H3/t14-/m1/s1. The molecule has 0 radical (unpaired) electrons. The maximum atomic E-state index is 12.6. The smallest absolute Gasteiger partial charge is 0.265 e. The first kappa shape index (κ1) is 18.4. The number of benzene rings is 2. The molecule has 0 fully saturated rings. The Morgan fingerprint density at radius 3 is 2.46 bits per heavy atom. The van der Waals surface area contributed by atoms with Gasteiger partial charge in [0.05, 0.1) is 4.90 Å². The van der Waals surface area contributed by atoms with Crippen LogP contribution in [0.3, 0.4) is 0 Å². The molecule has 0 spiro atoms. The fourth-order valence-corrected chi connectivity index (χ4v) is 3.98. The summed E-state index contributed by atoms with van der Waals surface area (Å²) in [4.78, 5) is 14.6. The molecule has 1 atom stereocenters. The van der Waals surface area contributed by atoms with Gasteiger partial charge in [0, 0.05) is 25.8 Å². The van der Waals surface area contributed by atoms with E-state index in [9.17, 15) is 13.2 Å². The van der Waals surface area contributed by atoms with Gasteiger partial charge < -0.3 is 9.64 Å². The van der Waals surface area contributed by atoms with Crippen molar-refractivity contribution in [1.82, 2.24) is 4.31 Å². The van der Waals surface area contributed by atoms with E-state index in [4.69, 9.17) is 4.74 Å². The molecule has 0 saturated carbocycles. The molecule has 138 valence electrons. The molecule has 6 nitrogen and oxygen atoms in total. The van der Waals surface area contributed by atoms with E-state index in [1.165, 1.54) is 26.2 Å². The van der Waals surface area contributed by atoms with Gasteiger partial charge in [0.2, 0.25) is 10.0 Å². The van der Waals surface area contributed by atoms with Crippen molar-refractivity contribution >= 4 is 21.6 Å². The summed E-state index contributed by atoms with van der Waals surface area (Å²) >= 11 is 0. The fraction of sp³-hybridized carbons (Fsp3) is 0.316. The normalized spacial score (nSPS) is 16.6. The van der Waals surface area contributed by atoms with Crippen LogP contribution >= 0.6 is 0 Å². The van der Waals surface area contributed by atoms with Gasteiger partial charge in [-0.15, -0.1) is 0 Å². The molecular weight excluding hydrogens is 352 g/mol. The number of amides is 1. The van der Waals surface area contributed by atoms with Crippen molar-refractivity contribution in [3.05, 3.63) is 54.1 Å². The van der Waals surface area contributed by atoms with Gasteiger partial charge in [0.25, 0.3) is 5.91 Å². The Kier molecular flexibility index (Phi) is 5.02. The SMILES string of the molecule is C[C@@H]1Cc2ccccc2N1C(=O)COc1ccc(S(=O)(=O)N(C)C)cc1. The van der Waals surface area contributed by atoms with Crippen molar-refractivity contribution in [3.8, 4) is 5.75 Å². The number of fused-ring (bicyclic) bond motifs is 1. The minimum atomic E-state index is -3.48. The van der Waals surface area contributed by atoms with E-state index in [1.807, 2.05) is 31.2 Å². The van der Waals surface area contributed by atoms with E-state index >= 15 is 0 Å². The monoisotopic (exact) mass is 374 g/mol. The molecule has 0 aliphatic carbocycles. The molecule has 1 heterocycles. The highest BCUT2D eigenvalue weighted by atomic mass is 32.2. The van der Waals surface area contributed by atoms with Crippen LogP contribution in [0.5, 0.6) is 5.75 Å². The zero-order valence-electron chi connectivity index (χ0n) is 15.0. The Hall–Kier alpha value is -2.38. The van der Waals surface area contributed by atoms with Gasteiger partial charge in [-0.2, -0.15) is 0 Å². The topological polar surface area (TPSA) is 66.9 Å². The molecule has 1 aliphatic rings. The van der Waals surface area contributed by atoms with E-state index in [-0.39, 0.29) is 23.5 Å². The van der Waals surface area contributed by atoms with Crippen molar-refractivity contribution in [2.75, 3.05) is 25.6 Å². The highest BCUT2D eigenvalue weighted by molar-refractivity contribution is 7.89. The molecule has 0 unspecified atom stereocenters. The molecule has 0 N–H and O–H groups in total. The van der Waals surface area contributed by atoms with Gasteiger partial charge in [-0.3, -0.25) is 4.79 Å². The maximum absolute atomic E-state index is 12.6. The third-order valence-corrected chi connectivity index (χ3v) is 6.27. The van der Waals surface area contributed by atoms with Crippen molar-refractivity contribution in [2.24, 2.45) is 0 Å². The lowest BCUT2D eigenvalue weighted by Crippen LogP contribution is -2.39. The molecule has 7 heteroatoms. The highest BCUT2D eigenvalue weighted by Crippen LogP contribution is 2.31. The lowest BCUT2D eigenvalue weighted by molar-refractivity contribution is -0.120. The largest absolute Gasteiger partial charge is 0.484 e. The Labute approximate surface area is 154 Å². The van der Waals surface area contributed by atoms with Gasteiger partial charge in [0.15, 0.2) is 6.61 Å². The van der Waals surface area contributed by atoms with E-state index in [0.717, 1.165) is 22.0 Å². The predicted octanol–water partition coefficient (Wildman–Crippen LogP) is 2.29. The quantitative estimate of drug-likeness (QED) is 0.805. The van der Waals surface area contributed by atoms with Gasteiger partial charge >= 0.3 is 0 Å². The second kappa shape index (κ2) is 7.09. The maximum Gasteiger partial charge on any atom is 0.265 e. The van der Waals surface area contributed by atoms with Crippen LogP contribution in [0.2, 0.25) is 0 Å². The average molecular weight is 374 g/mol. The second-order valence-electron chi connectivity index (χ2n) is 6.49. The van der Waals surface area contributed by atoms with E-state index in [1.54, 1.807) is 17.0 Å². The number of hydrogen-bond donors (Lipinski definition) is 0. The van der Waals surface area contributed by atoms with Crippen LogP contribution < -0.4 is 9.64 Å². The van der Waals surface area contributed by atoms with Crippen molar-refractivity contribution < 1.29 is 17.9 Å². The van der Waals surface area contributed by atoms with Crippen LogP contribution in [-0.2, 0) is 21.2 Å². The third kappa shape index (κ3) is 3.45. The number of ether oxygens (including phenoxy) is 1. The molecule has 3 rings (SSSR count). The number of rotatable bonds is 5. The van der Waals surface area contributed by atoms with Crippen molar-refractivity contribution in [1.29, 1.82) is 0 Å². The van der Waals surface area contributed by atoms with Crippen molar-refractivity contribution in [2.45, 2.75) is 24.3 Å². The molecule has 26 heavy (non-hydrogen) atoms. The summed E-state index contributed by atoms with van der Waals surface area (Å²) in [5.41, 5.74) is 2.09. The first-order valence-corrected chi connectivity index (χ1v) is 9.80. The summed E-state index contributed by atoms with van der Waals surface area (Å²) in [7, 11) is -0.517. The number of carbonyl (C=O) groups excluding carboxylic acids is 1. The lowest BCUT2D eigenvalue weighted by Gasteiger charge is -2.22. The highest BCUT2D eigenvalue weighted by Gasteiger charge is 2.30. The molecule has 2 aromatic carbocycles. The minimum absolute atomic E-state index is 0.0936. The van der Waals surface area contributed by atoms with E-state index in [0.29, 0.717) is 5.75 Å². The molecule has 1 aliphatic heterocycles. The van der Waals surface area contributed by atoms with Crippen LogP contribution in [0.25, 0.3) is 0 Å². The number of para-hydroxylation sites is 1. The molecule has 1 amide bonds. The molecule has 2 aromatic rings. The Bertz CT molecular complexity index is 907. The van der Waals surface area contributed by atoms with Crippen LogP contribution in [-0.4, -0.2) is 45.4 Å². The first-order chi connectivity index (χ1) is 12.3. The molecular formula is C19H22N2O4S. The summed E-state index contributed by atoms with van der Waals surface area (Å²) in [5, 5.41) is 0. The first-order valence-electron chi connectivity index (χ1n) is 8.36. The van der Waals surface area contributed by atoms with Gasteiger partial charge in [-0.1, -0.05) is 18.2 Å². The van der Waals surface area contributed by atoms with Crippen LogP contribution in [0.15, 0.2) is 53.4 Å². The Morgan fingerprint density at radius 2 is 1.81 bits per heavy atom. The van der Waals surface area contributed by atoms with Crippen molar-refractivity contribution in [3.63, 3.8) is 0 Å². The third-order valence-electron chi connectivity index (χ3n) is 4.44. The fourth-order valence-electron chi connectivity index (χ4n) is 3.08. The van der Waals surface area contributed by atoms with Gasteiger partial charge in [-0.05, 0) is 49.2 Å². The lowest BCUT2D eigenvalue weighted by atomic mass is 10.1. The predicted molar refractivity (Wildman–Crippen MR) is 99.9 cm³/mol. The summed E-state index contributed by atoms with van der Waals surface area (Å²) in [6, 6.07) is 14.0.